The lowest BCUT2D eigenvalue weighted by atomic mass is 10.1. The first kappa shape index (κ1) is 18.5. The van der Waals surface area contributed by atoms with Crippen molar-refractivity contribution in [1.82, 2.24) is 4.98 Å². The van der Waals surface area contributed by atoms with Crippen LogP contribution in [0.5, 0.6) is 11.6 Å². The molecule has 2 aromatic heterocycles. The molecule has 0 spiro atoms. The molecule has 0 saturated heterocycles. The zero-order chi connectivity index (χ0) is 20.2. The van der Waals surface area contributed by atoms with E-state index >= 15 is 0 Å². The van der Waals surface area contributed by atoms with E-state index in [-0.39, 0.29) is 11.6 Å². The van der Waals surface area contributed by atoms with Crippen molar-refractivity contribution in [3.05, 3.63) is 84.0 Å². The van der Waals surface area contributed by atoms with Gasteiger partial charge in [-0.2, -0.15) is 0 Å². The Morgan fingerprint density at radius 3 is 2.66 bits per heavy atom. The van der Waals surface area contributed by atoms with E-state index in [1.807, 2.05) is 24.3 Å². The standard InChI is InChI=1S/C22H17FN2O4/c1-27-22(26)20-11-15-10-14(2-8-19(15)29-20)12-24-17-5-9-21(25-13-17)28-18-6-3-16(23)4-7-18/h2-11,13,24H,12H2,1H3. The summed E-state index contributed by atoms with van der Waals surface area (Å²) in [7, 11) is 1.31. The molecule has 0 aliphatic heterocycles. The SMILES string of the molecule is COC(=O)c1cc2cc(CNc3ccc(Oc4ccc(F)cc4)nc3)ccc2o1. The molecule has 4 aromatic rings. The third-order valence-electron chi connectivity index (χ3n) is 4.24. The predicted octanol–water partition coefficient (Wildman–Crippen LogP) is 5.16. The highest BCUT2D eigenvalue weighted by molar-refractivity contribution is 5.92. The summed E-state index contributed by atoms with van der Waals surface area (Å²) in [6.07, 6.45) is 1.66. The van der Waals surface area contributed by atoms with E-state index in [2.05, 4.69) is 15.0 Å². The highest BCUT2D eigenvalue weighted by Gasteiger charge is 2.12. The molecule has 0 aliphatic carbocycles. The Hall–Kier alpha value is -3.87. The van der Waals surface area contributed by atoms with E-state index in [0.29, 0.717) is 23.8 Å². The molecule has 1 N–H and O–H groups in total. The zero-order valence-corrected chi connectivity index (χ0v) is 15.5. The maximum Gasteiger partial charge on any atom is 0.373 e. The van der Waals surface area contributed by atoms with Crippen LogP contribution in [0.4, 0.5) is 10.1 Å². The molecule has 0 unspecified atom stereocenters. The van der Waals surface area contributed by atoms with E-state index in [1.165, 1.54) is 19.2 Å². The summed E-state index contributed by atoms with van der Waals surface area (Å²) in [5, 5.41) is 4.10. The van der Waals surface area contributed by atoms with Crippen LogP contribution in [-0.2, 0) is 11.3 Å². The Balaban J connectivity index is 1.39. The summed E-state index contributed by atoms with van der Waals surface area (Å²) < 4.78 is 28.7. The normalized spacial score (nSPS) is 10.7. The molecule has 0 saturated carbocycles. The summed E-state index contributed by atoms with van der Waals surface area (Å²) >= 11 is 0. The van der Waals surface area contributed by atoms with Gasteiger partial charge in [0.2, 0.25) is 11.6 Å². The number of pyridine rings is 1. The van der Waals surface area contributed by atoms with Crippen LogP contribution in [0.1, 0.15) is 16.1 Å². The van der Waals surface area contributed by atoms with Crippen LogP contribution in [0.2, 0.25) is 0 Å². The van der Waals surface area contributed by atoms with Crippen LogP contribution in [0, 0.1) is 5.82 Å². The number of rotatable bonds is 6. The average Bonchev–Trinajstić information content (AvgIpc) is 3.18. The van der Waals surface area contributed by atoms with Gasteiger partial charge in [-0.15, -0.1) is 0 Å². The smallest absolute Gasteiger partial charge is 0.373 e. The second-order valence-corrected chi connectivity index (χ2v) is 6.27. The number of carbonyl (C=O) groups excluding carboxylic acids is 1. The van der Waals surface area contributed by atoms with Crippen LogP contribution >= 0.6 is 0 Å². The van der Waals surface area contributed by atoms with Crippen molar-refractivity contribution in [2.24, 2.45) is 0 Å². The number of fused-ring (bicyclic) bond motifs is 1. The topological polar surface area (TPSA) is 73.6 Å². The van der Waals surface area contributed by atoms with Crippen molar-refractivity contribution in [3.8, 4) is 11.6 Å². The largest absolute Gasteiger partial charge is 0.463 e. The van der Waals surface area contributed by atoms with Gasteiger partial charge in [-0.05, 0) is 54.1 Å². The lowest BCUT2D eigenvalue weighted by molar-refractivity contribution is 0.0567. The molecule has 0 bridgehead atoms. The highest BCUT2D eigenvalue weighted by Crippen LogP contribution is 2.23. The minimum atomic E-state index is -0.505. The molecule has 0 amide bonds. The molecule has 6 nitrogen and oxygen atoms in total. The van der Waals surface area contributed by atoms with Gasteiger partial charge in [0.25, 0.3) is 0 Å². The molecule has 29 heavy (non-hydrogen) atoms. The van der Waals surface area contributed by atoms with Gasteiger partial charge in [0.1, 0.15) is 17.1 Å². The first-order chi connectivity index (χ1) is 14.1. The van der Waals surface area contributed by atoms with Crippen LogP contribution in [0.3, 0.4) is 0 Å². The number of benzene rings is 2. The Kier molecular flexibility index (Phi) is 5.11. The summed E-state index contributed by atoms with van der Waals surface area (Å²) in [6.45, 7) is 0.564. The predicted molar refractivity (Wildman–Crippen MR) is 106 cm³/mol. The number of aromatic nitrogens is 1. The van der Waals surface area contributed by atoms with Gasteiger partial charge < -0.3 is 19.2 Å². The molecule has 2 aromatic carbocycles. The van der Waals surface area contributed by atoms with Crippen molar-refractivity contribution < 1.29 is 23.1 Å². The van der Waals surface area contributed by atoms with Crippen molar-refractivity contribution >= 4 is 22.6 Å². The molecular weight excluding hydrogens is 375 g/mol. The second-order valence-electron chi connectivity index (χ2n) is 6.27. The number of hydrogen-bond acceptors (Lipinski definition) is 6. The summed E-state index contributed by atoms with van der Waals surface area (Å²) in [6, 6.07) is 16.7. The number of halogens is 1. The lowest BCUT2D eigenvalue weighted by Crippen LogP contribution is -1.99. The number of anilines is 1. The number of nitrogens with one attached hydrogen (secondary N) is 1. The lowest BCUT2D eigenvalue weighted by Gasteiger charge is -2.08. The van der Waals surface area contributed by atoms with Crippen molar-refractivity contribution in [2.75, 3.05) is 12.4 Å². The molecule has 0 fully saturated rings. The van der Waals surface area contributed by atoms with Crippen LogP contribution in [-0.4, -0.2) is 18.1 Å². The molecule has 2 heterocycles. The molecule has 0 atom stereocenters. The van der Waals surface area contributed by atoms with Crippen molar-refractivity contribution in [3.63, 3.8) is 0 Å². The van der Waals surface area contributed by atoms with Gasteiger partial charge in [-0.25, -0.2) is 14.2 Å². The minimum absolute atomic E-state index is 0.175. The quantitative estimate of drug-likeness (QED) is 0.457. The molecule has 0 aliphatic rings. The van der Waals surface area contributed by atoms with Gasteiger partial charge in [0, 0.05) is 18.0 Å². The first-order valence-corrected chi connectivity index (χ1v) is 8.85. The molecule has 7 heteroatoms. The van der Waals surface area contributed by atoms with E-state index in [9.17, 15) is 9.18 Å². The Morgan fingerprint density at radius 1 is 1.10 bits per heavy atom. The fourth-order valence-corrected chi connectivity index (χ4v) is 2.78. The third-order valence-corrected chi connectivity index (χ3v) is 4.24. The summed E-state index contributed by atoms with van der Waals surface area (Å²) in [5.41, 5.74) is 2.46. The van der Waals surface area contributed by atoms with Crippen molar-refractivity contribution in [2.45, 2.75) is 6.54 Å². The minimum Gasteiger partial charge on any atom is -0.463 e. The van der Waals surface area contributed by atoms with Gasteiger partial charge in [0.05, 0.1) is 19.0 Å². The van der Waals surface area contributed by atoms with Gasteiger partial charge >= 0.3 is 5.97 Å². The van der Waals surface area contributed by atoms with Crippen molar-refractivity contribution in [1.29, 1.82) is 0 Å². The molecular formula is C22H17FN2O4. The monoisotopic (exact) mass is 392 g/mol. The Morgan fingerprint density at radius 2 is 1.93 bits per heavy atom. The average molecular weight is 392 g/mol. The number of furan rings is 1. The Labute approximate surface area is 165 Å². The first-order valence-electron chi connectivity index (χ1n) is 8.85. The number of nitrogens with zero attached hydrogens (tertiary/aromatic N) is 1. The van der Waals surface area contributed by atoms with E-state index < -0.39 is 5.97 Å². The van der Waals surface area contributed by atoms with Gasteiger partial charge in [-0.1, -0.05) is 6.07 Å². The fourth-order valence-electron chi connectivity index (χ4n) is 2.78. The highest BCUT2D eigenvalue weighted by atomic mass is 19.1. The van der Waals surface area contributed by atoms with Gasteiger partial charge in [-0.3, -0.25) is 0 Å². The number of methoxy groups -OCH3 is 1. The number of hydrogen-bond donors (Lipinski definition) is 1. The second kappa shape index (κ2) is 8.02. The summed E-state index contributed by atoms with van der Waals surface area (Å²) in [5.74, 6) is 0.278. The van der Waals surface area contributed by atoms with Crippen LogP contribution < -0.4 is 10.1 Å². The summed E-state index contributed by atoms with van der Waals surface area (Å²) in [4.78, 5) is 15.8. The molecule has 0 radical (unpaired) electrons. The maximum absolute atomic E-state index is 12.9. The zero-order valence-electron chi connectivity index (χ0n) is 15.5. The van der Waals surface area contributed by atoms with Crippen LogP contribution in [0.25, 0.3) is 11.0 Å². The molecule has 146 valence electrons. The molecule has 4 rings (SSSR count). The number of carbonyl (C=O) groups is 1. The van der Waals surface area contributed by atoms with Crippen LogP contribution in [0.15, 0.2) is 71.3 Å². The van der Waals surface area contributed by atoms with Gasteiger partial charge in [0.15, 0.2) is 0 Å². The van der Waals surface area contributed by atoms with E-state index in [1.54, 1.807) is 30.5 Å². The number of esters is 1. The Bertz CT molecular complexity index is 1140. The number of ether oxygens (including phenoxy) is 2. The maximum atomic E-state index is 12.9. The van der Waals surface area contributed by atoms with E-state index in [0.717, 1.165) is 16.6 Å². The third kappa shape index (κ3) is 4.35. The van der Waals surface area contributed by atoms with E-state index in [4.69, 9.17) is 9.15 Å². The fraction of sp³-hybridized carbons (Fsp3) is 0.0909.